The number of hydrogen-bond acceptors (Lipinski definition) is 3. The molecule has 0 radical (unpaired) electrons. The van der Waals surface area contributed by atoms with Gasteiger partial charge in [0.15, 0.2) is 0 Å². The van der Waals surface area contributed by atoms with Crippen LogP contribution in [0.3, 0.4) is 0 Å². The number of allylic oxidation sites excluding steroid dienone is 4. The number of methoxy groups -OCH3 is 1. The van der Waals surface area contributed by atoms with Crippen LogP contribution in [0.2, 0.25) is 12.1 Å². The van der Waals surface area contributed by atoms with Gasteiger partial charge < -0.3 is 0 Å². The second kappa shape index (κ2) is 14.8. The fourth-order valence-electron chi connectivity index (χ4n) is 8.33. The van der Waals surface area contributed by atoms with Crippen molar-refractivity contribution in [2.75, 3.05) is 45.1 Å². The van der Waals surface area contributed by atoms with E-state index in [2.05, 4.69) is 154 Å². The van der Waals surface area contributed by atoms with Gasteiger partial charge in [0.1, 0.15) is 0 Å². The van der Waals surface area contributed by atoms with Crippen LogP contribution in [0.4, 0.5) is 11.4 Å². The molecule has 0 amide bonds. The van der Waals surface area contributed by atoms with E-state index in [0.717, 1.165) is 12.2 Å². The molecule has 3 nitrogen and oxygen atoms in total. The van der Waals surface area contributed by atoms with Gasteiger partial charge >= 0.3 is 292 Å². The molecule has 0 bridgehead atoms. The summed E-state index contributed by atoms with van der Waals surface area (Å²) in [5, 5.41) is 3.29. The van der Waals surface area contributed by atoms with Crippen molar-refractivity contribution in [1.82, 2.24) is 0 Å². The van der Waals surface area contributed by atoms with Crippen LogP contribution >= 0.6 is 0 Å². The van der Waals surface area contributed by atoms with Gasteiger partial charge in [0, 0.05) is 0 Å². The number of anilines is 2. The van der Waals surface area contributed by atoms with E-state index in [1.54, 1.807) is 19.7 Å². The Bertz CT molecular complexity index is 1550. The molecule has 0 atom stereocenters. The van der Waals surface area contributed by atoms with Crippen molar-refractivity contribution >= 4 is 24.6 Å². The predicted molar refractivity (Wildman–Crippen MR) is 202 cm³/mol. The third-order valence-electron chi connectivity index (χ3n) is 10.6. The standard InChI is InChI=1S/C23H35OSi.2C9H12N.Sc/c1-10-25(11-2,20-14-16(3)12-18(20)5)21-15-17(4)13-19(22(21)24-9)23(6,7)8;2*1-8-6-4-5-7-9(8)10(2)3;/h13,15H,10-11,14H2,1-9H3;2*4-7H,1H2,2-3H3;. The van der Waals surface area contributed by atoms with Crippen molar-refractivity contribution < 1.29 is 26.2 Å². The molecule has 0 aliphatic heterocycles. The van der Waals surface area contributed by atoms with E-state index in [1.165, 1.54) is 59.3 Å². The minimum atomic E-state index is -2.19. The van der Waals surface area contributed by atoms with Crippen molar-refractivity contribution in [3.63, 3.8) is 0 Å². The van der Waals surface area contributed by atoms with Crippen LogP contribution < -0.4 is 19.7 Å². The minimum absolute atomic E-state index is 0.0201. The molecule has 0 fully saturated rings. The molecule has 0 spiro atoms. The molecule has 46 heavy (non-hydrogen) atoms. The first-order chi connectivity index (χ1) is 21.7. The van der Waals surface area contributed by atoms with Crippen LogP contribution in [-0.4, -0.2) is 43.4 Å². The number of para-hydroxylation sites is 2. The Morgan fingerprint density at radius 2 is 1.28 bits per heavy atom. The molecule has 1 aliphatic rings. The molecule has 0 heterocycles. The fraction of sp³-hybridized carbons (Fsp3) is 0.463. The molecule has 4 rings (SSSR count). The second-order valence-corrected chi connectivity index (χ2v) is 24.1. The van der Waals surface area contributed by atoms with E-state index in [9.17, 15) is 0 Å². The average Bonchev–Trinajstić information content (AvgIpc) is 3.31. The van der Waals surface area contributed by atoms with Crippen molar-refractivity contribution in [2.45, 2.75) is 87.7 Å². The van der Waals surface area contributed by atoms with Crippen LogP contribution in [0.1, 0.15) is 77.1 Å². The molecule has 0 saturated carbocycles. The quantitative estimate of drug-likeness (QED) is 0.179. The molecule has 0 unspecified atom stereocenters. The number of nitrogens with zero attached hydrogens (tertiary/aromatic N) is 2. The second-order valence-electron chi connectivity index (χ2n) is 15.1. The summed E-state index contributed by atoms with van der Waals surface area (Å²) in [6.45, 7) is 19.2. The molecular weight excluding hydrogens is 610 g/mol. The normalized spacial score (nSPS) is 13.8. The molecule has 1 aliphatic carbocycles. The summed E-state index contributed by atoms with van der Waals surface area (Å²) in [7, 11) is 8.55. The van der Waals surface area contributed by atoms with Crippen molar-refractivity contribution in [3.05, 3.63) is 103 Å². The first kappa shape index (κ1) is 36.5. The summed E-state index contributed by atoms with van der Waals surface area (Å²) in [5.41, 5.74) is 11.7. The molecule has 0 saturated heterocycles. The van der Waals surface area contributed by atoms with Gasteiger partial charge in [-0.05, 0) is 0 Å². The Labute approximate surface area is 290 Å². The van der Waals surface area contributed by atoms with Gasteiger partial charge in [-0.25, -0.2) is 0 Å². The van der Waals surface area contributed by atoms with Gasteiger partial charge in [0.25, 0.3) is 0 Å². The van der Waals surface area contributed by atoms with Crippen LogP contribution in [-0.2, 0) is 35.2 Å². The van der Waals surface area contributed by atoms with E-state index in [0.29, 0.717) is 0 Å². The summed E-state index contributed by atoms with van der Waals surface area (Å²) < 4.78 is 10.6. The summed E-state index contributed by atoms with van der Waals surface area (Å²) in [5.74, 6) is 1.15. The molecule has 0 N–H and O–H groups in total. The van der Waals surface area contributed by atoms with Gasteiger partial charge in [0.05, 0.1) is 0 Å². The molecule has 0 aromatic heterocycles. The third-order valence-corrected chi connectivity index (χ3v) is 21.7. The maximum atomic E-state index is 6.39. The predicted octanol–water partition coefficient (Wildman–Crippen LogP) is 9.68. The van der Waals surface area contributed by atoms with Crippen molar-refractivity contribution in [2.24, 2.45) is 0 Å². The van der Waals surface area contributed by atoms with Crippen LogP contribution in [0.15, 0.2) is 80.3 Å². The first-order valence-corrected chi connectivity index (χ1v) is 23.2. The zero-order chi connectivity index (χ0) is 34.0. The Morgan fingerprint density at radius 1 is 0.783 bits per heavy atom. The number of hydrogen-bond donors (Lipinski definition) is 0. The summed E-state index contributed by atoms with van der Waals surface area (Å²) in [6.07, 6.45) is 1.13. The van der Waals surface area contributed by atoms with E-state index in [4.69, 9.17) is 4.74 Å². The Kier molecular flexibility index (Phi) is 11.7. The van der Waals surface area contributed by atoms with Crippen LogP contribution in [0.5, 0.6) is 5.75 Å². The fourth-order valence-corrected chi connectivity index (χ4v) is 19.7. The first-order valence-electron chi connectivity index (χ1n) is 17.3. The van der Waals surface area contributed by atoms with E-state index in [1.807, 2.05) is 7.11 Å². The van der Waals surface area contributed by atoms with E-state index < -0.39 is 29.5 Å². The van der Waals surface area contributed by atoms with Gasteiger partial charge in [0.2, 0.25) is 0 Å². The number of aryl methyl sites for hydroxylation is 1. The van der Waals surface area contributed by atoms with Gasteiger partial charge in [-0.2, -0.15) is 0 Å². The number of ether oxygens (including phenoxy) is 1. The third kappa shape index (κ3) is 7.21. The van der Waals surface area contributed by atoms with Crippen LogP contribution in [0, 0.1) is 6.92 Å². The molecule has 3 aromatic carbocycles. The molecule has 246 valence electrons. The van der Waals surface area contributed by atoms with Crippen molar-refractivity contribution in [1.29, 1.82) is 0 Å². The monoisotopic (exact) mass is 668 g/mol. The van der Waals surface area contributed by atoms with Crippen molar-refractivity contribution in [3.8, 4) is 5.75 Å². The molecule has 5 heteroatoms. The zero-order valence-electron chi connectivity index (χ0n) is 31.2. The van der Waals surface area contributed by atoms with E-state index in [-0.39, 0.29) is 5.41 Å². The number of rotatable bonds is 12. The average molecular weight is 669 g/mol. The summed E-state index contributed by atoms with van der Waals surface area (Å²) >= 11 is -2.19. The number of benzene rings is 3. The van der Waals surface area contributed by atoms with E-state index >= 15 is 0 Å². The van der Waals surface area contributed by atoms with Crippen LogP contribution in [0.25, 0.3) is 0 Å². The Morgan fingerprint density at radius 3 is 1.72 bits per heavy atom. The Balaban J connectivity index is 1.94. The zero-order valence-corrected chi connectivity index (χ0v) is 34.0. The molecular formula is C41H59N2OScSi. The topological polar surface area (TPSA) is 15.7 Å². The van der Waals surface area contributed by atoms with Gasteiger partial charge in [-0.1, -0.05) is 0 Å². The summed E-state index contributed by atoms with van der Waals surface area (Å²) in [6, 6.07) is 25.5. The van der Waals surface area contributed by atoms with Gasteiger partial charge in [-0.3, -0.25) is 0 Å². The summed E-state index contributed by atoms with van der Waals surface area (Å²) in [4.78, 5) is 4.60. The SMILES string of the molecule is CC[Si](CC)(C1=C(C)[C]([Sc]([CH2]c2ccccc2N(C)C)[CH2]c2ccccc2N(C)C)=C(C)C1)c1cc(C)cc(C(C)(C)C)c1OC. The van der Waals surface area contributed by atoms with Gasteiger partial charge in [-0.15, -0.1) is 0 Å². The maximum absolute atomic E-state index is 6.39. The molecule has 3 aromatic rings. The Hall–Kier alpha value is -2.37.